The van der Waals surface area contributed by atoms with Crippen LogP contribution >= 0.6 is 11.6 Å². The van der Waals surface area contributed by atoms with E-state index in [-0.39, 0.29) is 11.4 Å². The van der Waals surface area contributed by atoms with Crippen LogP contribution in [-0.4, -0.2) is 39.4 Å². The van der Waals surface area contributed by atoms with E-state index in [0.29, 0.717) is 18.4 Å². The molecule has 2 aromatic heterocycles. The van der Waals surface area contributed by atoms with E-state index in [0.717, 1.165) is 60.2 Å². The Bertz CT molecular complexity index is 833. The Hall–Kier alpha value is -1.62. The molecule has 5 unspecified atom stereocenters. The molecule has 0 amide bonds. The lowest BCUT2D eigenvalue weighted by Gasteiger charge is -2.27. The number of hydrogen-bond donors (Lipinski definition) is 2. The van der Waals surface area contributed by atoms with Crippen molar-refractivity contribution in [1.29, 1.82) is 0 Å². The summed E-state index contributed by atoms with van der Waals surface area (Å²) in [6, 6.07) is 4.70. The fourth-order valence-corrected chi connectivity index (χ4v) is 4.10. The predicted molar refractivity (Wildman–Crippen MR) is 121 cm³/mol. The van der Waals surface area contributed by atoms with Crippen molar-refractivity contribution in [2.24, 2.45) is 10.9 Å². The Kier molecular flexibility index (Phi) is 7.55. The molecule has 3 rings (SSSR count). The third-order valence-corrected chi connectivity index (χ3v) is 6.57. The van der Waals surface area contributed by atoms with E-state index < -0.39 is 6.17 Å². The Morgan fingerprint density at radius 1 is 1.34 bits per heavy atom. The lowest BCUT2D eigenvalue weighted by atomic mass is 9.85. The highest BCUT2D eigenvalue weighted by Gasteiger charge is 2.29. The van der Waals surface area contributed by atoms with E-state index in [9.17, 15) is 4.39 Å². The molecule has 0 spiro atoms. The van der Waals surface area contributed by atoms with Gasteiger partial charge in [-0.05, 0) is 70.4 Å². The average molecular weight is 421 g/mol. The van der Waals surface area contributed by atoms with Crippen LogP contribution < -0.4 is 5.32 Å². The van der Waals surface area contributed by atoms with Crippen LogP contribution in [0.2, 0.25) is 0 Å². The Morgan fingerprint density at radius 3 is 2.83 bits per heavy atom. The quantitative estimate of drug-likeness (QED) is 0.338. The molecule has 4 nitrogen and oxygen atoms in total. The van der Waals surface area contributed by atoms with Crippen LogP contribution in [0.15, 0.2) is 23.3 Å². The van der Waals surface area contributed by atoms with Gasteiger partial charge in [-0.25, -0.2) is 4.39 Å². The first kappa shape index (κ1) is 22.1. The normalized spacial score (nSPS) is 25.2. The molecular weight excluding hydrogens is 387 g/mol. The summed E-state index contributed by atoms with van der Waals surface area (Å²) in [6.45, 7) is 8.63. The van der Waals surface area contributed by atoms with Crippen LogP contribution in [0.1, 0.15) is 71.1 Å². The fraction of sp³-hybridized carbons (Fsp3) is 0.652. The molecular formula is C23H34ClFN4. The van der Waals surface area contributed by atoms with E-state index in [1.807, 2.05) is 12.3 Å². The van der Waals surface area contributed by atoms with Crippen LogP contribution in [-0.2, 0) is 6.42 Å². The smallest absolute Gasteiger partial charge is 0.130 e. The molecule has 1 fully saturated rings. The third kappa shape index (κ3) is 5.50. The van der Waals surface area contributed by atoms with Gasteiger partial charge in [0.05, 0.1) is 16.4 Å². The van der Waals surface area contributed by atoms with E-state index in [1.165, 1.54) is 0 Å². The van der Waals surface area contributed by atoms with Crippen LogP contribution in [0, 0.1) is 5.92 Å². The molecule has 0 aliphatic heterocycles. The second-order valence-electron chi connectivity index (χ2n) is 8.52. The van der Waals surface area contributed by atoms with Crippen molar-refractivity contribution in [1.82, 2.24) is 15.3 Å². The van der Waals surface area contributed by atoms with Gasteiger partial charge in [0, 0.05) is 29.5 Å². The minimum Gasteiger partial charge on any atom is -0.367 e. The molecule has 1 saturated carbocycles. The number of nitrogens with zero attached hydrogens (tertiary/aromatic N) is 2. The molecule has 0 bridgehead atoms. The molecule has 0 radical (unpaired) electrons. The summed E-state index contributed by atoms with van der Waals surface area (Å²) in [7, 11) is 0. The molecule has 160 valence electrons. The summed E-state index contributed by atoms with van der Waals surface area (Å²) in [6.07, 6.45) is 6.05. The zero-order valence-electron chi connectivity index (χ0n) is 18.0. The SMILES string of the molecule is CCC(C)N=C(NC(C)CC)c1ccnc2cc(CC3CCC(Cl)C(F)C3)[nH]c12. The molecule has 5 atom stereocenters. The van der Waals surface area contributed by atoms with Gasteiger partial charge in [-0.2, -0.15) is 0 Å². The van der Waals surface area contributed by atoms with Gasteiger partial charge in [-0.1, -0.05) is 13.8 Å². The zero-order chi connectivity index (χ0) is 21.0. The first-order valence-electron chi connectivity index (χ1n) is 11.0. The molecule has 2 N–H and O–H groups in total. The van der Waals surface area contributed by atoms with Crippen molar-refractivity contribution < 1.29 is 4.39 Å². The van der Waals surface area contributed by atoms with Gasteiger partial charge >= 0.3 is 0 Å². The maximum atomic E-state index is 14.0. The first-order valence-corrected chi connectivity index (χ1v) is 11.4. The number of rotatable bonds is 7. The number of aromatic amines is 1. The predicted octanol–water partition coefficient (Wildman–Crippen LogP) is 5.78. The van der Waals surface area contributed by atoms with Crippen molar-refractivity contribution in [3.63, 3.8) is 0 Å². The van der Waals surface area contributed by atoms with Gasteiger partial charge in [0.15, 0.2) is 0 Å². The van der Waals surface area contributed by atoms with Crippen LogP contribution in [0.25, 0.3) is 11.0 Å². The summed E-state index contributed by atoms with van der Waals surface area (Å²) in [5.74, 6) is 1.24. The van der Waals surface area contributed by atoms with Gasteiger partial charge in [0.2, 0.25) is 0 Å². The Labute approximate surface area is 178 Å². The highest BCUT2D eigenvalue weighted by molar-refractivity contribution is 6.21. The molecule has 0 aromatic carbocycles. The topological polar surface area (TPSA) is 53.1 Å². The summed E-state index contributed by atoms with van der Waals surface area (Å²) < 4.78 is 14.0. The second-order valence-corrected chi connectivity index (χ2v) is 9.08. The summed E-state index contributed by atoms with van der Waals surface area (Å²) in [4.78, 5) is 13.1. The molecule has 2 aromatic rings. The minimum absolute atomic E-state index is 0.242. The number of halogens is 2. The van der Waals surface area contributed by atoms with Crippen LogP contribution in [0.4, 0.5) is 4.39 Å². The molecule has 1 aliphatic rings. The van der Waals surface area contributed by atoms with Crippen molar-refractivity contribution in [3.8, 4) is 0 Å². The van der Waals surface area contributed by atoms with Crippen LogP contribution in [0.3, 0.4) is 0 Å². The van der Waals surface area contributed by atoms with Gasteiger partial charge in [0.1, 0.15) is 12.0 Å². The number of aromatic nitrogens is 2. The maximum Gasteiger partial charge on any atom is 0.130 e. The van der Waals surface area contributed by atoms with Crippen molar-refractivity contribution in [2.75, 3.05) is 0 Å². The van der Waals surface area contributed by atoms with E-state index in [2.05, 4.69) is 49.0 Å². The summed E-state index contributed by atoms with van der Waals surface area (Å²) in [5.41, 5.74) is 4.10. The highest BCUT2D eigenvalue weighted by atomic mass is 35.5. The molecule has 0 saturated heterocycles. The lowest BCUT2D eigenvalue weighted by molar-refractivity contribution is 0.202. The molecule has 2 heterocycles. The fourth-order valence-electron chi connectivity index (χ4n) is 3.88. The van der Waals surface area contributed by atoms with Crippen molar-refractivity contribution in [2.45, 2.75) is 89.9 Å². The van der Waals surface area contributed by atoms with E-state index in [1.54, 1.807) is 0 Å². The number of fused-ring (bicyclic) bond motifs is 1. The van der Waals surface area contributed by atoms with Crippen LogP contribution in [0.5, 0.6) is 0 Å². The van der Waals surface area contributed by atoms with Gasteiger partial charge in [0.25, 0.3) is 0 Å². The maximum absolute atomic E-state index is 14.0. The summed E-state index contributed by atoms with van der Waals surface area (Å²) >= 11 is 6.05. The van der Waals surface area contributed by atoms with Crippen molar-refractivity contribution >= 4 is 28.5 Å². The lowest BCUT2D eigenvalue weighted by Crippen LogP contribution is -2.34. The Morgan fingerprint density at radius 2 is 2.14 bits per heavy atom. The number of alkyl halides is 2. The second kappa shape index (κ2) is 9.92. The summed E-state index contributed by atoms with van der Waals surface area (Å²) in [5, 5.41) is 3.25. The number of pyridine rings is 1. The molecule has 6 heteroatoms. The third-order valence-electron chi connectivity index (χ3n) is 6.08. The molecule has 29 heavy (non-hydrogen) atoms. The Balaban J connectivity index is 1.89. The highest BCUT2D eigenvalue weighted by Crippen LogP contribution is 2.32. The number of aliphatic imine (C=N–C) groups is 1. The number of hydrogen-bond acceptors (Lipinski definition) is 2. The van der Waals surface area contributed by atoms with Gasteiger partial charge in [-0.3, -0.25) is 9.98 Å². The first-order chi connectivity index (χ1) is 13.9. The number of nitrogens with one attached hydrogen (secondary N) is 2. The molecule has 1 aliphatic carbocycles. The average Bonchev–Trinajstić information content (AvgIpc) is 3.12. The van der Waals surface area contributed by atoms with Gasteiger partial charge in [-0.15, -0.1) is 11.6 Å². The number of amidine groups is 1. The standard InChI is InChI=1S/C23H34ClFN4/c1-5-14(3)27-23(28-15(4)6-2)18-9-10-26-21-13-17(29-22(18)21)11-16-7-8-19(24)20(25)12-16/h9-10,13-16,19-20,29H,5-8,11-12H2,1-4H3,(H,27,28). The monoisotopic (exact) mass is 420 g/mol. The minimum atomic E-state index is -0.900. The van der Waals surface area contributed by atoms with E-state index in [4.69, 9.17) is 16.6 Å². The number of H-pyrrole nitrogens is 1. The largest absolute Gasteiger partial charge is 0.367 e. The van der Waals surface area contributed by atoms with Crippen molar-refractivity contribution in [3.05, 3.63) is 29.6 Å². The zero-order valence-corrected chi connectivity index (χ0v) is 18.8. The van der Waals surface area contributed by atoms with Gasteiger partial charge < -0.3 is 10.3 Å². The van der Waals surface area contributed by atoms with E-state index >= 15 is 0 Å².